The van der Waals surface area contributed by atoms with Gasteiger partial charge in [-0.05, 0) is 17.7 Å². The van der Waals surface area contributed by atoms with Crippen molar-refractivity contribution < 1.29 is 19.1 Å². The van der Waals surface area contributed by atoms with Crippen LogP contribution in [0.2, 0.25) is 0 Å². The van der Waals surface area contributed by atoms with Crippen molar-refractivity contribution in [3.05, 3.63) is 29.8 Å². The van der Waals surface area contributed by atoms with Crippen LogP contribution in [-0.4, -0.2) is 45.2 Å². The molecular weight excluding hydrogens is 274 g/mol. The van der Waals surface area contributed by atoms with Crippen LogP contribution < -0.4 is 21.1 Å². The monoisotopic (exact) mass is 295 g/mol. The summed E-state index contributed by atoms with van der Waals surface area (Å²) in [5, 5.41) is 5.14. The predicted molar refractivity (Wildman–Crippen MR) is 77.7 cm³/mol. The van der Waals surface area contributed by atoms with Crippen molar-refractivity contribution in [2.45, 2.75) is 12.6 Å². The molecule has 0 aromatic heterocycles. The Kier molecular flexibility index (Phi) is 7.20. The summed E-state index contributed by atoms with van der Waals surface area (Å²) in [7, 11) is 3.04. The zero-order chi connectivity index (χ0) is 15.7. The van der Waals surface area contributed by atoms with Crippen LogP contribution in [0.4, 0.5) is 0 Å². The minimum Gasteiger partial charge on any atom is -0.497 e. The first-order chi connectivity index (χ1) is 10.1. The SMILES string of the molecule is COCC(N)C(=O)NCC(=O)NCc1ccc(OC)cc1. The number of rotatable bonds is 8. The first-order valence-corrected chi connectivity index (χ1v) is 6.48. The fourth-order valence-electron chi connectivity index (χ4n) is 1.56. The largest absolute Gasteiger partial charge is 0.497 e. The van der Waals surface area contributed by atoms with Gasteiger partial charge in [-0.25, -0.2) is 0 Å². The van der Waals surface area contributed by atoms with Gasteiger partial charge in [-0.2, -0.15) is 0 Å². The number of nitrogens with one attached hydrogen (secondary N) is 2. The van der Waals surface area contributed by atoms with E-state index in [1.165, 1.54) is 7.11 Å². The van der Waals surface area contributed by atoms with Crippen LogP contribution in [0, 0.1) is 0 Å². The smallest absolute Gasteiger partial charge is 0.239 e. The Labute approximate surface area is 123 Å². The molecule has 1 aromatic carbocycles. The van der Waals surface area contributed by atoms with Crippen molar-refractivity contribution >= 4 is 11.8 Å². The summed E-state index contributed by atoms with van der Waals surface area (Å²) < 4.78 is 9.80. The molecule has 116 valence electrons. The third-order valence-electron chi connectivity index (χ3n) is 2.75. The van der Waals surface area contributed by atoms with Crippen molar-refractivity contribution in [3.8, 4) is 5.75 Å². The van der Waals surface area contributed by atoms with Crippen LogP contribution in [0.15, 0.2) is 24.3 Å². The normalized spacial score (nSPS) is 11.6. The molecule has 0 saturated heterocycles. The molecule has 21 heavy (non-hydrogen) atoms. The lowest BCUT2D eigenvalue weighted by molar-refractivity contribution is -0.127. The lowest BCUT2D eigenvalue weighted by Crippen LogP contribution is -2.46. The number of amides is 2. The van der Waals surface area contributed by atoms with E-state index in [0.717, 1.165) is 11.3 Å². The molecule has 7 nitrogen and oxygen atoms in total. The van der Waals surface area contributed by atoms with E-state index >= 15 is 0 Å². The Hall–Kier alpha value is -2.12. The fraction of sp³-hybridized carbons (Fsp3) is 0.429. The van der Waals surface area contributed by atoms with Gasteiger partial charge in [-0.3, -0.25) is 9.59 Å². The number of hydrogen-bond donors (Lipinski definition) is 3. The summed E-state index contributed by atoms with van der Waals surface area (Å²) in [6.07, 6.45) is 0. The number of benzene rings is 1. The van der Waals surface area contributed by atoms with Crippen LogP contribution in [0.3, 0.4) is 0 Å². The van der Waals surface area contributed by atoms with Crippen LogP contribution in [-0.2, 0) is 20.9 Å². The Morgan fingerprint density at radius 3 is 2.43 bits per heavy atom. The lowest BCUT2D eigenvalue weighted by atomic mass is 10.2. The van der Waals surface area contributed by atoms with Gasteiger partial charge in [0, 0.05) is 13.7 Å². The molecule has 0 saturated carbocycles. The lowest BCUT2D eigenvalue weighted by Gasteiger charge is -2.11. The molecule has 1 unspecified atom stereocenters. The molecule has 4 N–H and O–H groups in total. The summed E-state index contributed by atoms with van der Waals surface area (Å²) in [4.78, 5) is 23.1. The van der Waals surface area contributed by atoms with Crippen LogP contribution in [0.1, 0.15) is 5.56 Å². The summed E-state index contributed by atoms with van der Waals surface area (Å²) in [6.45, 7) is 0.370. The molecule has 0 radical (unpaired) electrons. The van der Waals surface area contributed by atoms with E-state index in [1.807, 2.05) is 24.3 Å². The van der Waals surface area contributed by atoms with Gasteiger partial charge in [0.05, 0.1) is 20.3 Å². The van der Waals surface area contributed by atoms with Crippen molar-refractivity contribution in [1.82, 2.24) is 10.6 Å². The second-order valence-electron chi connectivity index (χ2n) is 4.40. The van der Waals surface area contributed by atoms with Gasteiger partial charge in [-0.1, -0.05) is 12.1 Å². The fourth-order valence-corrected chi connectivity index (χ4v) is 1.56. The molecular formula is C14H21N3O4. The van der Waals surface area contributed by atoms with Crippen molar-refractivity contribution in [3.63, 3.8) is 0 Å². The van der Waals surface area contributed by atoms with Gasteiger partial charge in [0.15, 0.2) is 0 Å². The molecule has 0 fully saturated rings. The number of nitrogens with two attached hydrogens (primary N) is 1. The molecule has 1 atom stereocenters. The Morgan fingerprint density at radius 2 is 1.86 bits per heavy atom. The highest BCUT2D eigenvalue weighted by Gasteiger charge is 2.13. The maximum absolute atomic E-state index is 11.6. The summed E-state index contributed by atoms with van der Waals surface area (Å²) >= 11 is 0. The number of ether oxygens (including phenoxy) is 2. The molecule has 0 heterocycles. The van der Waals surface area contributed by atoms with E-state index in [-0.39, 0.29) is 19.1 Å². The topological polar surface area (TPSA) is 103 Å². The van der Waals surface area contributed by atoms with Crippen LogP contribution >= 0.6 is 0 Å². The Bertz CT molecular complexity index is 462. The third kappa shape index (κ3) is 6.24. The minimum atomic E-state index is -0.774. The highest BCUT2D eigenvalue weighted by Crippen LogP contribution is 2.10. The Morgan fingerprint density at radius 1 is 1.19 bits per heavy atom. The van der Waals surface area contributed by atoms with Gasteiger partial charge in [0.2, 0.25) is 11.8 Å². The third-order valence-corrected chi connectivity index (χ3v) is 2.75. The summed E-state index contributed by atoms with van der Waals surface area (Å²) in [6, 6.07) is 6.56. The van der Waals surface area contributed by atoms with E-state index in [0.29, 0.717) is 6.54 Å². The summed E-state index contributed by atoms with van der Waals surface area (Å²) in [5.41, 5.74) is 6.46. The molecule has 2 amide bonds. The average Bonchev–Trinajstić information content (AvgIpc) is 2.51. The van der Waals surface area contributed by atoms with Crippen molar-refractivity contribution in [2.24, 2.45) is 5.73 Å². The van der Waals surface area contributed by atoms with E-state index in [9.17, 15) is 9.59 Å². The van der Waals surface area contributed by atoms with E-state index in [2.05, 4.69) is 10.6 Å². The summed E-state index contributed by atoms with van der Waals surface area (Å²) in [5.74, 6) is 0.0460. The first-order valence-electron chi connectivity index (χ1n) is 6.48. The zero-order valence-corrected chi connectivity index (χ0v) is 12.2. The molecule has 7 heteroatoms. The maximum atomic E-state index is 11.6. The van der Waals surface area contributed by atoms with Gasteiger partial charge in [0.1, 0.15) is 11.8 Å². The zero-order valence-electron chi connectivity index (χ0n) is 12.2. The quantitative estimate of drug-likeness (QED) is 0.594. The van der Waals surface area contributed by atoms with E-state index in [1.54, 1.807) is 7.11 Å². The Balaban J connectivity index is 2.28. The molecule has 1 aromatic rings. The minimum absolute atomic E-state index is 0.110. The second kappa shape index (κ2) is 8.93. The highest BCUT2D eigenvalue weighted by atomic mass is 16.5. The first kappa shape index (κ1) is 16.9. The van der Waals surface area contributed by atoms with E-state index < -0.39 is 11.9 Å². The molecule has 0 aliphatic heterocycles. The number of methoxy groups -OCH3 is 2. The molecule has 0 aliphatic rings. The van der Waals surface area contributed by atoms with Crippen molar-refractivity contribution in [2.75, 3.05) is 27.4 Å². The highest BCUT2D eigenvalue weighted by molar-refractivity contribution is 5.87. The average molecular weight is 295 g/mol. The molecule has 0 spiro atoms. The van der Waals surface area contributed by atoms with Gasteiger partial charge in [-0.15, -0.1) is 0 Å². The van der Waals surface area contributed by atoms with Crippen molar-refractivity contribution in [1.29, 1.82) is 0 Å². The predicted octanol–water partition coefficient (Wildman–Crippen LogP) is -0.599. The van der Waals surface area contributed by atoms with Gasteiger partial charge < -0.3 is 25.8 Å². The van der Waals surface area contributed by atoms with Crippen LogP contribution in [0.5, 0.6) is 5.75 Å². The number of carbonyl (C=O) groups is 2. The number of hydrogen-bond acceptors (Lipinski definition) is 5. The van der Waals surface area contributed by atoms with Crippen LogP contribution in [0.25, 0.3) is 0 Å². The standard InChI is InChI=1S/C14H21N3O4/c1-20-9-12(15)14(19)17-8-13(18)16-7-10-3-5-11(21-2)6-4-10/h3-6,12H,7-9,15H2,1-2H3,(H,16,18)(H,17,19). The second-order valence-corrected chi connectivity index (χ2v) is 4.40. The number of carbonyl (C=O) groups excluding carboxylic acids is 2. The molecule has 0 aliphatic carbocycles. The maximum Gasteiger partial charge on any atom is 0.239 e. The molecule has 0 bridgehead atoms. The van der Waals surface area contributed by atoms with E-state index in [4.69, 9.17) is 15.2 Å². The van der Waals surface area contributed by atoms with Gasteiger partial charge in [0.25, 0.3) is 0 Å². The van der Waals surface area contributed by atoms with Gasteiger partial charge >= 0.3 is 0 Å². The molecule has 1 rings (SSSR count).